The van der Waals surface area contributed by atoms with Gasteiger partial charge in [-0.15, -0.1) is 11.8 Å². The minimum absolute atomic E-state index is 0.0371. The van der Waals surface area contributed by atoms with Crippen LogP contribution in [-0.2, 0) is 11.0 Å². The molecule has 1 N–H and O–H groups in total. The molecule has 1 saturated carbocycles. The van der Waals surface area contributed by atoms with E-state index in [-0.39, 0.29) is 18.6 Å². The summed E-state index contributed by atoms with van der Waals surface area (Å²) in [7, 11) is 3.45. The number of hydrogen-bond donors (Lipinski definition) is 1. The lowest BCUT2D eigenvalue weighted by Gasteiger charge is -2.40. The number of aliphatic hydroxyl groups excluding tert-OH is 1. The summed E-state index contributed by atoms with van der Waals surface area (Å²) in [5.74, 6) is 3.24. The summed E-state index contributed by atoms with van der Waals surface area (Å²) < 4.78 is 25.0. The van der Waals surface area contributed by atoms with Crippen LogP contribution in [0.3, 0.4) is 0 Å². The number of ether oxygens (including phenoxy) is 4. The molecule has 5 aromatic rings. The first-order valence-corrected chi connectivity index (χ1v) is 20.0. The van der Waals surface area contributed by atoms with Gasteiger partial charge in [-0.2, -0.15) is 0 Å². The average Bonchev–Trinajstić information content (AvgIpc) is 3.49. The summed E-state index contributed by atoms with van der Waals surface area (Å²) in [6.07, 6.45) is 18.0. The monoisotopic (exact) mass is 712 g/mol. The van der Waals surface area contributed by atoms with Gasteiger partial charge in [-0.1, -0.05) is 99.6 Å². The van der Waals surface area contributed by atoms with Crippen LogP contribution in [0.15, 0.2) is 95.9 Å². The number of fused-ring (bicyclic) bond motifs is 10. The fraction of sp³-hybridized carbons (Fsp3) is 0.348. The summed E-state index contributed by atoms with van der Waals surface area (Å²) in [5, 5.41) is 11.6. The van der Waals surface area contributed by atoms with Gasteiger partial charge >= 0.3 is 0 Å². The minimum atomic E-state index is -0.934. The van der Waals surface area contributed by atoms with E-state index < -0.39 is 5.60 Å². The van der Waals surface area contributed by atoms with Crippen LogP contribution < -0.4 is 18.9 Å². The standard InChI is InChI=1S/C46H48O5S/c1-48-33-19-15-31(16-20-33)46(32-17-21-34(22-18-32)50-28-27-47)26-23-36-43-42(37-30-41(52-3)40(49-2)29-38(37)44(36)51-46)35-13-9-10-14-39(35)45(43)24-11-7-5-4-6-8-12-25-45/h9-10,13-23,26,29-30,47H,4-8,11-12,24-25,27-28H2,1-3H3. The van der Waals surface area contributed by atoms with Crippen LogP contribution in [-0.4, -0.2) is 38.8 Å². The zero-order valence-corrected chi connectivity index (χ0v) is 31.3. The highest BCUT2D eigenvalue weighted by molar-refractivity contribution is 7.98. The molecule has 1 heterocycles. The number of rotatable bonds is 8. The van der Waals surface area contributed by atoms with Crippen LogP contribution in [0.2, 0.25) is 0 Å². The van der Waals surface area contributed by atoms with Gasteiger partial charge in [0, 0.05) is 32.4 Å². The minimum Gasteiger partial charge on any atom is -0.497 e. The molecule has 268 valence electrons. The number of benzene rings is 5. The van der Waals surface area contributed by atoms with Gasteiger partial charge in [0.15, 0.2) is 5.60 Å². The molecule has 1 unspecified atom stereocenters. The summed E-state index contributed by atoms with van der Waals surface area (Å²) in [4.78, 5) is 1.12. The smallest absolute Gasteiger partial charge is 0.178 e. The maximum Gasteiger partial charge on any atom is 0.178 e. The topological polar surface area (TPSA) is 57.2 Å². The lowest BCUT2D eigenvalue weighted by molar-refractivity contribution is 0.162. The Kier molecular flexibility index (Phi) is 9.71. The predicted molar refractivity (Wildman–Crippen MR) is 213 cm³/mol. The van der Waals surface area contributed by atoms with E-state index in [1.54, 1.807) is 26.0 Å². The summed E-state index contributed by atoms with van der Waals surface area (Å²) >= 11 is 1.72. The van der Waals surface area contributed by atoms with Gasteiger partial charge in [0.2, 0.25) is 0 Å². The van der Waals surface area contributed by atoms with Gasteiger partial charge in [-0.3, -0.25) is 0 Å². The SMILES string of the molecule is COc1ccc(C2(c3ccc(OCCO)cc3)C=Cc3c4c(c5cc(SC)c(OC)cc5c3O2)-c2ccccc2C42CCCCCCCCC2)cc1. The van der Waals surface area contributed by atoms with E-state index in [0.717, 1.165) is 51.5 Å². The molecule has 0 saturated heterocycles. The van der Waals surface area contributed by atoms with Gasteiger partial charge in [-0.25, -0.2) is 0 Å². The van der Waals surface area contributed by atoms with Crippen molar-refractivity contribution < 1.29 is 24.1 Å². The first-order chi connectivity index (χ1) is 25.6. The average molecular weight is 713 g/mol. The van der Waals surface area contributed by atoms with Crippen molar-refractivity contribution in [2.75, 3.05) is 33.7 Å². The molecule has 8 rings (SSSR count). The van der Waals surface area contributed by atoms with Crippen molar-refractivity contribution in [2.24, 2.45) is 0 Å². The highest BCUT2D eigenvalue weighted by atomic mass is 32.2. The third kappa shape index (κ3) is 5.75. The zero-order chi connectivity index (χ0) is 35.7. The Morgan fingerprint density at radius 3 is 2.04 bits per heavy atom. The Balaban J connectivity index is 1.42. The van der Waals surface area contributed by atoms with Gasteiger partial charge < -0.3 is 24.1 Å². The molecule has 1 atom stereocenters. The van der Waals surface area contributed by atoms with Crippen molar-refractivity contribution in [3.8, 4) is 34.1 Å². The highest BCUT2D eigenvalue weighted by Crippen LogP contribution is 2.62. The molecule has 0 radical (unpaired) electrons. The molecule has 1 aliphatic heterocycles. The molecule has 1 spiro atoms. The van der Waals surface area contributed by atoms with Crippen LogP contribution >= 0.6 is 11.8 Å². The first kappa shape index (κ1) is 34.7. The summed E-state index contributed by atoms with van der Waals surface area (Å²) in [6.45, 7) is 0.207. The maximum absolute atomic E-state index is 9.37. The number of hydrogen-bond acceptors (Lipinski definition) is 6. The molecule has 6 heteroatoms. The molecule has 5 aromatic carbocycles. The quantitative estimate of drug-likeness (QED) is 0.162. The normalized spacial score (nSPS) is 19.0. The van der Waals surface area contributed by atoms with E-state index in [0.29, 0.717) is 5.75 Å². The molecular formula is C46H48O5S. The Bertz CT molecular complexity index is 2090. The maximum atomic E-state index is 9.37. The second kappa shape index (κ2) is 14.6. The summed E-state index contributed by atoms with van der Waals surface area (Å²) in [6, 6.07) is 30.0. The highest BCUT2D eigenvalue weighted by Gasteiger charge is 2.48. The number of methoxy groups -OCH3 is 2. The van der Waals surface area contributed by atoms with Crippen molar-refractivity contribution in [3.05, 3.63) is 119 Å². The number of aliphatic hydroxyl groups is 1. The van der Waals surface area contributed by atoms with E-state index >= 15 is 0 Å². The van der Waals surface area contributed by atoms with Crippen molar-refractivity contribution in [1.82, 2.24) is 0 Å². The van der Waals surface area contributed by atoms with E-state index in [4.69, 9.17) is 18.9 Å². The second-order valence-corrected chi connectivity index (χ2v) is 15.2. The van der Waals surface area contributed by atoms with Gasteiger partial charge in [0.1, 0.15) is 29.6 Å². The van der Waals surface area contributed by atoms with Gasteiger partial charge in [0.05, 0.1) is 20.8 Å². The molecule has 0 aromatic heterocycles. The second-order valence-electron chi connectivity index (χ2n) is 14.3. The Morgan fingerprint density at radius 1 is 0.750 bits per heavy atom. The third-order valence-corrected chi connectivity index (χ3v) is 12.4. The Labute approximate surface area is 312 Å². The lowest BCUT2D eigenvalue weighted by atomic mass is 9.68. The van der Waals surface area contributed by atoms with E-state index in [2.05, 4.69) is 79.1 Å². The fourth-order valence-electron chi connectivity index (χ4n) is 9.16. The molecule has 52 heavy (non-hydrogen) atoms. The molecule has 5 nitrogen and oxygen atoms in total. The number of thioether (sulfide) groups is 1. The third-order valence-electron chi connectivity index (χ3n) is 11.6. The summed E-state index contributed by atoms with van der Waals surface area (Å²) in [5.41, 5.74) is 7.75. The first-order valence-electron chi connectivity index (χ1n) is 18.8. The van der Waals surface area contributed by atoms with E-state index in [1.165, 1.54) is 78.1 Å². The van der Waals surface area contributed by atoms with Crippen LogP contribution in [0.5, 0.6) is 23.0 Å². The lowest BCUT2D eigenvalue weighted by Crippen LogP contribution is -2.35. The molecular weight excluding hydrogens is 665 g/mol. The largest absolute Gasteiger partial charge is 0.497 e. The van der Waals surface area contributed by atoms with E-state index in [1.807, 2.05) is 24.3 Å². The molecule has 3 aliphatic rings. The van der Waals surface area contributed by atoms with Gasteiger partial charge in [-0.05, 0) is 89.2 Å². The molecule has 0 amide bonds. The van der Waals surface area contributed by atoms with Crippen molar-refractivity contribution in [3.63, 3.8) is 0 Å². The zero-order valence-electron chi connectivity index (χ0n) is 30.5. The van der Waals surface area contributed by atoms with Crippen LogP contribution in [0.25, 0.3) is 28.0 Å². The molecule has 1 fully saturated rings. The van der Waals surface area contributed by atoms with Crippen LogP contribution in [0, 0.1) is 0 Å². The van der Waals surface area contributed by atoms with Crippen molar-refractivity contribution in [1.29, 1.82) is 0 Å². The van der Waals surface area contributed by atoms with Crippen LogP contribution in [0.1, 0.15) is 85.6 Å². The van der Waals surface area contributed by atoms with Gasteiger partial charge in [0.25, 0.3) is 0 Å². The Hall–Kier alpha value is -4.39. The Morgan fingerprint density at radius 2 is 1.40 bits per heavy atom. The van der Waals surface area contributed by atoms with Crippen molar-refractivity contribution >= 4 is 28.6 Å². The van der Waals surface area contributed by atoms with Crippen molar-refractivity contribution in [2.45, 2.75) is 73.7 Å². The van der Waals surface area contributed by atoms with E-state index in [9.17, 15) is 5.11 Å². The predicted octanol–water partition coefficient (Wildman–Crippen LogP) is 11.1. The van der Waals surface area contributed by atoms with Crippen LogP contribution in [0.4, 0.5) is 0 Å². The molecule has 0 bridgehead atoms. The fourth-order valence-corrected chi connectivity index (χ4v) is 9.73. The molecule has 2 aliphatic carbocycles.